The second kappa shape index (κ2) is 9.73. The maximum atomic E-state index is 12.3. The molecule has 2 heterocycles. The predicted molar refractivity (Wildman–Crippen MR) is 107 cm³/mol. The van der Waals surface area contributed by atoms with E-state index >= 15 is 0 Å². The van der Waals surface area contributed by atoms with Crippen molar-refractivity contribution in [1.29, 1.82) is 0 Å². The number of rotatable bonds is 8. The zero-order chi connectivity index (χ0) is 19.8. The molecule has 1 saturated heterocycles. The Morgan fingerprint density at radius 3 is 2.61 bits per heavy atom. The highest BCUT2D eigenvalue weighted by molar-refractivity contribution is 5.98. The first kappa shape index (κ1) is 19.7. The van der Waals surface area contributed by atoms with Crippen molar-refractivity contribution < 1.29 is 14.3 Å². The van der Waals surface area contributed by atoms with Gasteiger partial charge in [-0.2, -0.15) is 0 Å². The van der Waals surface area contributed by atoms with Gasteiger partial charge in [0.15, 0.2) is 0 Å². The van der Waals surface area contributed by atoms with Crippen molar-refractivity contribution in [1.82, 2.24) is 15.6 Å². The van der Waals surface area contributed by atoms with Gasteiger partial charge in [0, 0.05) is 25.8 Å². The zero-order valence-corrected chi connectivity index (χ0v) is 16.1. The van der Waals surface area contributed by atoms with E-state index in [1.807, 2.05) is 19.1 Å². The van der Waals surface area contributed by atoms with Crippen molar-refractivity contribution in [2.75, 3.05) is 31.1 Å². The van der Waals surface area contributed by atoms with Gasteiger partial charge < -0.3 is 20.3 Å². The molecule has 0 aliphatic carbocycles. The summed E-state index contributed by atoms with van der Waals surface area (Å²) in [7, 11) is 0. The molecule has 2 N–H and O–H groups in total. The minimum atomic E-state index is -0.337. The Labute approximate surface area is 165 Å². The normalized spacial score (nSPS) is 13.2. The molecule has 0 radical (unpaired) electrons. The third-order valence-electron chi connectivity index (χ3n) is 4.57. The van der Waals surface area contributed by atoms with E-state index in [1.165, 1.54) is 12.8 Å². The molecule has 1 aromatic carbocycles. The first-order valence-electron chi connectivity index (χ1n) is 9.64. The number of carbonyl (C=O) groups is 2. The molecule has 1 fully saturated rings. The predicted octanol–water partition coefficient (Wildman–Crippen LogP) is 2.13. The first-order valence-corrected chi connectivity index (χ1v) is 9.64. The lowest BCUT2D eigenvalue weighted by molar-refractivity contribution is -0.120. The quantitative estimate of drug-likeness (QED) is 0.731. The number of nitrogens with one attached hydrogen (secondary N) is 2. The standard InChI is InChI=1S/C21H26N4O3/c1-2-28-18-8-4-3-7-17(18)21(27)24-15-20(26)23-14-16-9-10-19(22-13-16)25-11-5-6-12-25/h3-4,7-10,13H,2,5-6,11-12,14-15H2,1H3,(H,23,26)(H,24,27). The number of nitrogens with zero attached hydrogens (tertiary/aromatic N) is 2. The summed E-state index contributed by atoms with van der Waals surface area (Å²) in [6.07, 6.45) is 4.20. The first-order chi connectivity index (χ1) is 13.7. The highest BCUT2D eigenvalue weighted by Gasteiger charge is 2.14. The SMILES string of the molecule is CCOc1ccccc1C(=O)NCC(=O)NCc1ccc(N2CCCC2)nc1. The summed E-state index contributed by atoms with van der Waals surface area (Å²) in [6.45, 7) is 4.70. The van der Waals surface area contributed by atoms with Crippen LogP contribution in [0.5, 0.6) is 5.75 Å². The molecule has 7 nitrogen and oxygen atoms in total. The van der Waals surface area contributed by atoms with Gasteiger partial charge in [0.25, 0.3) is 5.91 Å². The van der Waals surface area contributed by atoms with E-state index in [9.17, 15) is 9.59 Å². The Morgan fingerprint density at radius 1 is 1.11 bits per heavy atom. The lowest BCUT2D eigenvalue weighted by atomic mass is 10.2. The zero-order valence-electron chi connectivity index (χ0n) is 16.1. The minimum Gasteiger partial charge on any atom is -0.493 e. The molecule has 0 bridgehead atoms. The second-order valence-electron chi connectivity index (χ2n) is 6.61. The molecule has 0 atom stereocenters. The number of para-hydroxylation sites is 1. The highest BCUT2D eigenvalue weighted by atomic mass is 16.5. The number of pyridine rings is 1. The van der Waals surface area contributed by atoms with E-state index in [0.29, 0.717) is 24.5 Å². The van der Waals surface area contributed by atoms with Gasteiger partial charge in [0.05, 0.1) is 18.7 Å². The van der Waals surface area contributed by atoms with Crippen molar-refractivity contribution in [3.8, 4) is 5.75 Å². The van der Waals surface area contributed by atoms with E-state index in [1.54, 1.807) is 30.5 Å². The third kappa shape index (κ3) is 5.22. The van der Waals surface area contributed by atoms with Crippen molar-refractivity contribution >= 4 is 17.6 Å². The number of carbonyl (C=O) groups excluding carboxylic acids is 2. The Bertz CT molecular complexity index is 802. The molecule has 3 rings (SSSR count). The Morgan fingerprint density at radius 2 is 1.89 bits per heavy atom. The molecule has 1 aromatic heterocycles. The average molecular weight is 382 g/mol. The van der Waals surface area contributed by atoms with Gasteiger partial charge >= 0.3 is 0 Å². The van der Waals surface area contributed by atoms with E-state index in [2.05, 4.69) is 20.5 Å². The van der Waals surface area contributed by atoms with Gasteiger partial charge in [-0.1, -0.05) is 18.2 Å². The van der Waals surface area contributed by atoms with Crippen LogP contribution < -0.4 is 20.3 Å². The van der Waals surface area contributed by atoms with Crippen LogP contribution in [0.1, 0.15) is 35.7 Å². The number of hydrogen-bond donors (Lipinski definition) is 2. The molecule has 2 amide bonds. The van der Waals surface area contributed by atoms with Crippen LogP contribution >= 0.6 is 0 Å². The van der Waals surface area contributed by atoms with Crippen LogP contribution in [0, 0.1) is 0 Å². The van der Waals surface area contributed by atoms with E-state index < -0.39 is 0 Å². The van der Waals surface area contributed by atoms with E-state index in [-0.39, 0.29) is 18.4 Å². The number of amides is 2. The van der Waals surface area contributed by atoms with Gasteiger partial charge in [-0.25, -0.2) is 4.98 Å². The topological polar surface area (TPSA) is 83.6 Å². The van der Waals surface area contributed by atoms with E-state index in [4.69, 9.17) is 4.74 Å². The van der Waals surface area contributed by atoms with Crippen LogP contribution in [0.15, 0.2) is 42.6 Å². The highest BCUT2D eigenvalue weighted by Crippen LogP contribution is 2.18. The summed E-state index contributed by atoms with van der Waals surface area (Å²) >= 11 is 0. The minimum absolute atomic E-state index is 0.0986. The molecule has 1 aliphatic rings. The smallest absolute Gasteiger partial charge is 0.255 e. The summed E-state index contributed by atoms with van der Waals surface area (Å²) in [5.41, 5.74) is 1.34. The Hall–Kier alpha value is -3.09. The van der Waals surface area contributed by atoms with Crippen molar-refractivity contribution in [2.24, 2.45) is 0 Å². The maximum absolute atomic E-state index is 12.3. The molecule has 2 aromatic rings. The number of anilines is 1. The number of aromatic nitrogens is 1. The van der Waals surface area contributed by atoms with Crippen molar-refractivity contribution in [3.63, 3.8) is 0 Å². The largest absolute Gasteiger partial charge is 0.493 e. The van der Waals surface area contributed by atoms with Crippen molar-refractivity contribution in [2.45, 2.75) is 26.3 Å². The molecule has 0 unspecified atom stereocenters. The number of benzene rings is 1. The van der Waals surface area contributed by atoms with Crippen LogP contribution in [0.2, 0.25) is 0 Å². The fourth-order valence-electron chi connectivity index (χ4n) is 3.11. The van der Waals surface area contributed by atoms with Gasteiger partial charge in [-0.3, -0.25) is 9.59 Å². The fourth-order valence-corrected chi connectivity index (χ4v) is 3.11. The lowest BCUT2D eigenvalue weighted by Gasteiger charge is -2.16. The average Bonchev–Trinajstić information content (AvgIpc) is 3.26. The molecule has 148 valence electrons. The van der Waals surface area contributed by atoms with Crippen molar-refractivity contribution in [3.05, 3.63) is 53.7 Å². The Kier molecular flexibility index (Phi) is 6.84. The van der Waals surface area contributed by atoms with Gasteiger partial charge in [-0.15, -0.1) is 0 Å². The second-order valence-corrected chi connectivity index (χ2v) is 6.61. The van der Waals surface area contributed by atoms with Gasteiger partial charge in [-0.05, 0) is 43.5 Å². The molecule has 28 heavy (non-hydrogen) atoms. The summed E-state index contributed by atoms with van der Waals surface area (Å²) < 4.78 is 5.44. The van der Waals surface area contributed by atoms with Crippen LogP contribution in [0.3, 0.4) is 0 Å². The lowest BCUT2D eigenvalue weighted by Crippen LogP contribution is -2.36. The molecular formula is C21H26N4O3. The van der Waals surface area contributed by atoms with Crippen LogP contribution in [0.4, 0.5) is 5.82 Å². The number of ether oxygens (including phenoxy) is 1. The molecular weight excluding hydrogens is 356 g/mol. The molecule has 1 aliphatic heterocycles. The van der Waals surface area contributed by atoms with Crippen LogP contribution in [-0.2, 0) is 11.3 Å². The summed E-state index contributed by atoms with van der Waals surface area (Å²) in [6, 6.07) is 10.9. The maximum Gasteiger partial charge on any atom is 0.255 e. The summed E-state index contributed by atoms with van der Waals surface area (Å²) in [5, 5.41) is 5.42. The van der Waals surface area contributed by atoms with Crippen LogP contribution in [-0.4, -0.2) is 43.0 Å². The monoisotopic (exact) mass is 382 g/mol. The number of hydrogen-bond acceptors (Lipinski definition) is 5. The van der Waals surface area contributed by atoms with Gasteiger partial charge in [0.1, 0.15) is 11.6 Å². The molecule has 0 spiro atoms. The van der Waals surface area contributed by atoms with E-state index in [0.717, 1.165) is 24.5 Å². The molecule has 0 saturated carbocycles. The van der Waals surface area contributed by atoms with Crippen LogP contribution in [0.25, 0.3) is 0 Å². The summed E-state index contributed by atoms with van der Waals surface area (Å²) in [5.74, 6) is 0.890. The molecule has 7 heteroatoms. The Balaban J connectivity index is 1.45. The third-order valence-corrected chi connectivity index (χ3v) is 4.57. The van der Waals surface area contributed by atoms with Gasteiger partial charge in [0.2, 0.25) is 5.91 Å². The summed E-state index contributed by atoms with van der Waals surface area (Å²) in [4.78, 5) is 31.1. The fraction of sp³-hybridized carbons (Fsp3) is 0.381.